The molecule has 0 saturated carbocycles. The normalized spacial score (nSPS) is 13.4. The third kappa shape index (κ3) is 2.20. The minimum absolute atomic E-state index is 0.0591. The van der Waals surface area contributed by atoms with Crippen molar-refractivity contribution in [1.29, 1.82) is 0 Å². The second-order valence-electron chi connectivity index (χ2n) is 3.91. The molecule has 1 amide bonds. The van der Waals surface area contributed by atoms with Gasteiger partial charge < -0.3 is 10.2 Å². The molecule has 1 aromatic carbocycles. The highest BCUT2D eigenvalue weighted by Gasteiger charge is 2.22. The number of fused-ring (bicyclic) bond motifs is 1. The zero-order chi connectivity index (χ0) is 12.4. The number of nitro groups is 1. The molecule has 0 fully saturated rings. The Kier molecular flexibility index (Phi) is 2.95. The highest BCUT2D eigenvalue weighted by atomic mass is 16.6. The molecule has 1 N–H and O–H groups in total. The molecule has 0 radical (unpaired) electrons. The van der Waals surface area contributed by atoms with Gasteiger partial charge in [-0.3, -0.25) is 14.9 Å². The fraction of sp³-hybridized carbons (Fsp3) is 0.364. The van der Waals surface area contributed by atoms with Gasteiger partial charge in [-0.2, -0.15) is 0 Å². The lowest BCUT2D eigenvalue weighted by molar-refractivity contribution is -0.384. The highest BCUT2D eigenvalue weighted by Crippen LogP contribution is 2.30. The lowest BCUT2D eigenvalue weighted by atomic mass is 10.1. The molecule has 0 atom stereocenters. The first kappa shape index (κ1) is 11.4. The Morgan fingerprint density at radius 3 is 3.00 bits per heavy atom. The molecule has 0 saturated heterocycles. The summed E-state index contributed by atoms with van der Waals surface area (Å²) in [4.78, 5) is 23.5. The number of non-ortho nitro benzene ring substituents is 1. The maximum absolute atomic E-state index is 11.3. The van der Waals surface area contributed by atoms with Crippen molar-refractivity contribution in [3.63, 3.8) is 0 Å². The number of carbonyl (C=O) groups is 1. The summed E-state index contributed by atoms with van der Waals surface area (Å²) in [5.41, 5.74) is 1.95. The van der Waals surface area contributed by atoms with Gasteiger partial charge in [-0.25, -0.2) is 0 Å². The molecule has 2 rings (SSSR count). The van der Waals surface area contributed by atoms with Crippen LogP contribution < -0.4 is 10.2 Å². The Hall–Kier alpha value is -2.11. The topological polar surface area (TPSA) is 75.5 Å². The Morgan fingerprint density at radius 2 is 2.35 bits per heavy atom. The number of likely N-dealkylation sites (N-methyl/N-ethyl adjacent to an activating group) is 1. The molecule has 0 aliphatic carbocycles. The van der Waals surface area contributed by atoms with Crippen LogP contribution in [0.1, 0.15) is 5.56 Å². The number of benzene rings is 1. The number of nitrogens with zero attached hydrogens (tertiary/aromatic N) is 2. The summed E-state index contributed by atoms with van der Waals surface area (Å²) in [5, 5.41) is 13.2. The second-order valence-corrected chi connectivity index (χ2v) is 3.91. The summed E-state index contributed by atoms with van der Waals surface area (Å²) < 4.78 is 0. The molecule has 17 heavy (non-hydrogen) atoms. The van der Waals surface area contributed by atoms with Gasteiger partial charge in [0, 0.05) is 31.4 Å². The number of hydrogen-bond acceptors (Lipinski definition) is 4. The maximum atomic E-state index is 11.3. The third-order valence-electron chi connectivity index (χ3n) is 2.88. The summed E-state index contributed by atoms with van der Waals surface area (Å²) in [6.07, 6.45) is 0.744. The van der Waals surface area contributed by atoms with E-state index in [4.69, 9.17) is 0 Å². The van der Waals surface area contributed by atoms with Gasteiger partial charge in [-0.05, 0) is 18.1 Å². The van der Waals surface area contributed by atoms with Crippen molar-refractivity contribution in [2.45, 2.75) is 6.42 Å². The van der Waals surface area contributed by atoms with E-state index in [9.17, 15) is 14.9 Å². The first-order valence-electron chi connectivity index (χ1n) is 5.34. The number of carbonyl (C=O) groups excluding carboxylic acids is 1. The van der Waals surface area contributed by atoms with E-state index < -0.39 is 4.92 Å². The van der Waals surface area contributed by atoms with Gasteiger partial charge >= 0.3 is 0 Å². The molecule has 6 nitrogen and oxygen atoms in total. The number of rotatable bonds is 3. The summed E-state index contributed by atoms with van der Waals surface area (Å²) >= 11 is 0. The van der Waals surface area contributed by atoms with Gasteiger partial charge in [-0.15, -0.1) is 0 Å². The number of amides is 1. The SMILES string of the molecule is CNC(=O)CN1CCc2cc([N+](=O)[O-])ccc21. The van der Waals surface area contributed by atoms with Crippen molar-refractivity contribution in [2.24, 2.45) is 0 Å². The van der Waals surface area contributed by atoms with Crippen LogP contribution in [-0.2, 0) is 11.2 Å². The first-order chi connectivity index (χ1) is 8.11. The van der Waals surface area contributed by atoms with Gasteiger partial charge in [-0.1, -0.05) is 0 Å². The largest absolute Gasteiger partial charge is 0.362 e. The number of nitrogens with one attached hydrogen (secondary N) is 1. The van der Waals surface area contributed by atoms with E-state index in [1.807, 2.05) is 4.90 Å². The minimum atomic E-state index is -0.401. The van der Waals surface area contributed by atoms with Crippen LogP contribution in [0, 0.1) is 10.1 Å². The van der Waals surface area contributed by atoms with E-state index in [2.05, 4.69) is 5.32 Å². The third-order valence-corrected chi connectivity index (χ3v) is 2.88. The van der Waals surface area contributed by atoms with Crippen LogP contribution in [0.5, 0.6) is 0 Å². The second kappa shape index (κ2) is 4.40. The Bertz CT molecular complexity index is 473. The average Bonchev–Trinajstić information content (AvgIpc) is 2.71. The van der Waals surface area contributed by atoms with Gasteiger partial charge in [0.15, 0.2) is 0 Å². The smallest absolute Gasteiger partial charge is 0.269 e. The van der Waals surface area contributed by atoms with E-state index in [-0.39, 0.29) is 11.6 Å². The van der Waals surface area contributed by atoms with E-state index >= 15 is 0 Å². The highest BCUT2D eigenvalue weighted by molar-refractivity contribution is 5.82. The van der Waals surface area contributed by atoms with Crippen molar-refractivity contribution < 1.29 is 9.72 Å². The number of hydrogen-bond donors (Lipinski definition) is 1. The van der Waals surface area contributed by atoms with Gasteiger partial charge in [0.05, 0.1) is 11.5 Å². The van der Waals surface area contributed by atoms with Crippen molar-refractivity contribution in [1.82, 2.24) is 5.32 Å². The fourth-order valence-corrected chi connectivity index (χ4v) is 1.99. The van der Waals surface area contributed by atoms with Crippen molar-refractivity contribution in [3.8, 4) is 0 Å². The minimum Gasteiger partial charge on any atom is -0.362 e. The lowest BCUT2D eigenvalue weighted by Crippen LogP contribution is -2.34. The zero-order valence-corrected chi connectivity index (χ0v) is 9.47. The summed E-state index contributed by atoms with van der Waals surface area (Å²) in [6, 6.07) is 4.77. The van der Waals surface area contributed by atoms with Gasteiger partial charge in [0.2, 0.25) is 5.91 Å². The first-order valence-corrected chi connectivity index (χ1v) is 5.34. The van der Waals surface area contributed by atoms with Crippen LogP contribution in [-0.4, -0.2) is 31.0 Å². The molecular weight excluding hydrogens is 222 g/mol. The van der Waals surface area contributed by atoms with Crippen LogP contribution in [0.3, 0.4) is 0 Å². The lowest BCUT2D eigenvalue weighted by Gasteiger charge is -2.17. The standard InChI is InChI=1S/C11H13N3O3/c1-12-11(15)7-13-5-4-8-6-9(14(16)17)2-3-10(8)13/h2-3,6H,4-5,7H2,1H3,(H,12,15). The van der Waals surface area contributed by atoms with E-state index in [1.165, 1.54) is 6.07 Å². The zero-order valence-electron chi connectivity index (χ0n) is 9.47. The van der Waals surface area contributed by atoms with Gasteiger partial charge in [0.1, 0.15) is 0 Å². The van der Waals surface area contributed by atoms with E-state index in [1.54, 1.807) is 19.2 Å². The summed E-state index contributed by atoms with van der Waals surface area (Å²) in [7, 11) is 1.59. The number of nitro benzene ring substituents is 1. The molecule has 90 valence electrons. The van der Waals surface area contributed by atoms with Crippen LogP contribution in [0.2, 0.25) is 0 Å². The monoisotopic (exact) mass is 235 g/mol. The molecule has 1 heterocycles. The fourth-order valence-electron chi connectivity index (χ4n) is 1.99. The molecule has 1 aromatic rings. The van der Waals surface area contributed by atoms with Crippen LogP contribution in [0.15, 0.2) is 18.2 Å². The predicted octanol–water partition coefficient (Wildman–Crippen LogP) is 0.703. The Labute approximate surface area is 98.4 Å². The summed E-state index contributed by atoms with van der Waals surface area (Å²) in [5.74, 6) is -0.0591. The molecule has 1 aliphatic rings. The Balaban J connectivity index is 2.21. The predicted molar refractivity (Wildman–Crippen MR) is 63.1 cm³/mol. The van der Waals surface area contributed by atoms with E-state index in [0.717, 1.165) is 24.2 Å². The quantitative estimate of drug-likeness (QED) is 0.618. The molecular formula is C11H13N3O3. The molecule has 0 unspecified atom stereocenters. The van der Waals surface area contributed by atoms with E-state index in [0.29, 0.717) is 6.54 Å². The van der Waals surface area contributed by atoms with Crippen molar-refractivity contribution in [2.75, 3.05) is 25.0 Å². The van der Waals surface area contributed by atoms with Crippen LogP contribution >= 0.6 is 0 Å². The van der Waals surface area contributed by atoms with Crippen LogP contribution in [0.25, 0.3) is 0 Å². The molecule has 0 bridgehead atoms. The van der Waals surface area contributed by atoms with Crippen LogP contribution in [0.4, 0.5) is 11.4 Å². The molecule has 0 spiro atoms. The molecule has 0 aromatic heterocycles. The Morgan fingerprint density at radius 1 is 1.59 bits per heavy atom. The van der Waals surface area contributed by atoms with Crippen molar-refractivity contribution in [3.05, 3.63) is 33.9 Å². The average molecular weight is 235 g/mol. The maximum Gasteiger partial charge on any atom is 0.269 e. The van der Waals surface area contributed by atoms with Crippen molar-refractivity contribution >= 4 is 17.3 Å². The molecule has 1 aliphatic heterocycles. The summed E-state index contributed by atoms with van der Waals surface area (Å²) in [6.45, 7) is 1.02. The number of anilines is 1. The molecule has 6 heteroatoms. The van der Waals surface area contributed by atoms with Gasteiger partial charge in [0.25, 0.3) is 5.69 Å².